The maximum absolute atomic E-state index is 6.59. The first-order valence-electron chi connectivity index (χ1n) is 11.9. The molecule has 10 heteroatoms. The number of nitrogens with zero attached hydrogens (tertiary/aromatic N) is 4. The van der Waals surface area contributed by atoms with E-state index in [1.54, 1.807) is 16.4 Å². The van der Waals surface area contributed by atoms with Gasteiger partial charge in [-0.25, -0.2) is 0 Å². The van der Waals surface area contributed by atoms with E-state index >= 15 is 0 Å². The molecule has 0 atom stereocenters. The average Bonchev–Trinajstić information content (AvgIpc) is 3.36. The number of benzene rings is 3. The van der Waals surface area contributed by atoms with Crippen molar-refractivity contribution in [2.45, 2.75) is 38.6 Å². The van der Waals surface area contributed by atoms with Gasteiger partial charge in [-0.1, -0.05) is 71.4 Å². The Bertz CT molecular complexity index is 1240. The molecule has 0 aliphatic carbocycles. The first-order valence-corrected chi connectivity index (χ1v) is 13.3. The molecule has 0 radical (unpaired) electrons. The highest BCUT2D eigenvalue weighted by Crippen LogP contribution is 2.37. The van der Waals surface area contributed by atoms with Crippen molar-refractivity contribution in [2.24, 2.45) is 0 Å². The molecular weight excluding hydrogens is 529 g/mol. The topological polar surface area (TPSA) is 74.1 Å². The van der Waals surface area contributed by atoms with Crippen molar-refractivity contribution in [2.75, 3.05) is 18.9 Å². The van der Waals surface area contributed by atoms with Crippen molar-refractivity contribution < 1.29 is 9.47 Å². The second kappa shape index (κ2) is 14.8. The zero-order valence-electron chi connectivity index (χ0n) is 20.9. The quantitative estimate of drug-likeness (QED) is 0.152. The van der Waals surface area contributed by atoms with Gasteiger partial charge in [0.2, 0.25) is 5.16 Å². The summed E-state index contributed by atoms with van der Waals surface area (Å²) >= 11 is 8.23. The van der Waals surface area contributed by atoms with Gasteiger partial charge in [-0.15, -0.1) is 17.5 Å². The van der Waals surface area contributed by atoms with Crippen LogP contribution in [0.3, 0.4) is 0 Å². The molecule has 3 aromatic carbocycles. The van der Waals surface area contributed by atoms with Crippen LogP contribution in [0.15, 0.2) is 71.9 Å². The third kappa shape index (κ3) is 8.36. The van der Waals surface area contributed by atoms with Crippen LogP contribution in [-0.2, 0) is 13.2 Å². The smallest absolute Gasteiger partial charge is 0.214 e. The largest absolute Gasteiger partial charge is 0.490 e. The van der Waals surface area contributed by atoms with Gasteiger partial charge in [0.15, 0.2) is 11.5 Å². The predicted molar refractivity (Wildman–Crippen MR) is 152 cm³/mol. The number of halogens is 2. The van der Waals surface area contributed by atoms with E-state index in [0.717, 1.165) is 40.7 Å². The van der Waals surface area contributed by atoms with E-state index in [1.807, 2.05) is 49.4 Å². The summed E-state index contributed by atoms with van der Waals surface area (Å²) in [5.41, 5.74) is 4.30. The van der Waals surface area contributed by atoms with Crippen LogP contribution >= 0.6 is 35.8 Å². The summed E-state index contributed by atoms with van der Waals surface area (Å²) < 4.78 is 13.6. The molecule has 1 aromatic heterocycles. The van der Waals surface area contributed by atoms with Crippen LogP contribution in [0.5, 0.6) is 11.5 Å². The summed E-state index contributed by atoms with van der Waals surface area (Å²) in [6, 6.07) is 22.1. The van der Waals surface area contributed by atoms with Gasteiger partial charge in [-0.2, -0.15) is 4.68 Å². The lowest BCUT2D eigenvalue weighted by Crippen LogP contribution is -2.15. The summed E-state index contributed by atoms with van der Waals surface area (Å²) in [6.45, 7) is 6.53. The molecule has 0 saturated carbocycles. The Morgan fingerprint density at radius 2 is 1.78 bits per heavy atom. The van der Waals surface area contributed by atoms with Crippen LogP contribution in [0.25, 0.3) is 5.69 Å². The van der Waals surface area contributed by atoms with Crippen molar-refractivity contribution in [3.8, 4) is 17.2 Å². The van der Waals surface area contributed by atoms with Crippen LogP contribution in [0.1, 0.15) is 30.0 Å². The Labute approximate surface area is 233 Å². The first-order chi connectivity index (χ1) is 17.6. The second-order valence-corrected chi connectivity index (χ2v) is 9.67. The Balaban J connectivity index is 0.00000380. The third-order valence-corrected chi connectivity index (χ3v) is 6.66. The summed E-state index contributed by atoms with van der Waals surface area (Å²) in [7, 11) is 0. The van der Waals surface area contributed by atoms with Crippen molar-refractivity contribution in [3.63, 3.8) is 0 Å². The molecule has 0 aliphatic rings. The summed E-state index contributed by atoms with van der Waals surface area (Å²) in [5.74, 6) is 2.14. The maximum Gasteiger partial charge on any atom is 0.214 e. The highest BCUT2D eigenvalue weighted by atomic mass is 35.5. The van der Waals surface area contributed by atoms with E-state index in [9.17, 15) is 0 Å². The van der Waals surface area contributed by atoms with Gasteiger partial charge >= 0.3 is 0 Å². The predicted octanol–water partition coefficient (Wildman–Crippen LogP) is 6.30. The van der Waals surface area contributed by atoms with Crippen LogP contribution < -0.4 is 14.8 Å². The molecule has 196 valence electrons. The number of tetrazole rings is 1. The summed E-state index contributed by atoms with van der Waals surface area (Å²) in [6.07, 6.45) is 0.968. The minimum atomic E-state index is 0. The Hall–Kier alpha value is -2.78. The van der Waals surface area contributed by atoms with Crippen LogP contribution in [-0.4, -0.2) is 39.1 Å². The fourth-order valence-electron chi connectivity index (χ4n) is 3.56. The number of rotatable bonds is 13. The van der Waals surface area contributed by atoms with Gasteiger partial charge in [0.25, 0.3) is 0 Å². The fourth-order valence-corrected chi connectivity index (χ4v) is 4.68. The number of ether oxygens (including phenoxy) is 2. The monoisotopic (exact) mass is 559 g/mol. The van der Waals surface area contributed by atoms with Gasteiger partial charge in [0, 0.05) is 12.3 Å². The second-order valence-electron chi connectivity index (χ2n) is 8.20. The number of hydrogen-bond donors (Lipinski definition) is 1. The summed E-state index contributed by atoms with van der Waals surface area (Å²) in [4.78, 5) is 0. The molecule has 4 rings (SSSR count). The molecule has 0 spiro atoms. The molecule has 0 amide bonds. The third-order valence-electron chi connectivity index (χ3n) is 5.37. The van der Waals surface area contributed by atoms with E-state index in [4.69, 9.17) is 21.1 Å². The molecule has 0 aliphatic heterocycles. The minimum Gasteiger partial charge on any atom is -0.490 e. The van der Waals surface area contributed by atoms with Crippen molar-refractivity contribution >= 4 is 35.8 Å². The standard InChI is InChI=1S/C27H30ClN5O2S.ClH/c1-3-34-25-17-22(16-24(28)26(25)35-19-21-12-10-20(2)11-13-21)18-29-14-7-15-36-27-30-31-32-33(27)23-8-5-4-6-9-23;/h4-6,8-13,16-17,29H,3,7,14-15,18-19H2,1-2H3;1H. The maximum atomic E-state index is 6.59. The van der Waals surface area contributed by atoms with Crippen molar-refractivity contribution in [1.29, 1.82) is 0 Å². The normalized spacial score (nSPS) is 10.7. The number of aryl methyl sites for hydroxylation is 1. The Kier molecular flexibility index (Phi) is 11.5. The molecule has 0 unspecified atom stereocenters. The average molecular weight is 561 g/mol. The highest BCUT2D eigenvalue weighted by Gasteiger charge is 2.13. The number of thioether (sulfide) groups is 1. The Morgan fingerprint density at radius 1 is 1.00 bits per heavy atom. The SMILES string of the molecule is CCOc1cc(CNCCCSc2nnnn2-c2ccccc2)cc(Cl)c1OCc1ccc(C)cc1.Cl. The van der Waals surface area contributed by atoms with Gasteiger partial charge in [-0.05, 0) is 72.6 Å². The van der Waals surface area contributed by atoms with Crippen molar-refractivity contribution in [1.82, 2.24) is 25.5 Å². The van der Waals surface area contributed by atoms with Crippen LogP contribution in [0, 0.1) is 6.92 Å². The van der Waals surface area contributed by atoms with Gasteiger partial charge in [0.05, 0.1) is 17.3 Å². The van der Waals surface area contributed by atoms with E-state index in [-0.39, 0.29) is 12.4 Å². The molecule has 1 N–H and O–H groups in total. The van der Waals surface area contributed by atoms with E-state index in [0.29, 0.717) is 36.3 Å². The van der Waals surface area contributed by atoms with Crippen LogP contribution in [0.2, 0.25) is 5.02 Å². The number of aromatic nitrogens is 4. The van der Waals surface area contributed by atoms with E-state index in [2.05, 4.69) is 52.0 Å². The van der Waals surface area contributed by atoms with Crippen LogP contribution in [0.4, 0.5) is 0 Å². The molecule has 0 saturated heterocycles. The molecule has 0 bridgehead atoms. The molecule has 37 heavy (non-hydrogen) atoms. The van der Waals surface area contributed by atoms with E-state index < -0.39 is 0 Å². The van der Waals surface area contributed by atoms with Gasteiger partial charge in [-0.3, -0.25) is 0 Å². The van der Waals surface area contributed by atoms with Gasteiger partial charge < -0.3 is 14.8 Å². The first kappa shape index (κ1) is 28.8. The number of para-hydroxylation sites is 1. The molecular formula is C27H31Cl2N5O2S. The van der Waals surface area contributed by atoms with Gasteiger partial charge in [0.1, 0.15) is 6.61 Å². The number of nitrogens with one attached hydrogen (secondary N) is 1. The van der Waals surface area contributed by atoms with Crippen molar-refractivity contribution in [3.05, 3.63) is 88.4 Å². The minimum absolute atomic E-state index is 0. The highest BCUT2D eigenvalue weighted by molar-refractivity contribution is 7.99. The summed E-state index contributed by atoms with van der Waals surface area (Å²) in [5, 5.41) is 16.9. The molecule has 0 fully saturated rings. The number of hydrogen-bond acceptors (Lipinski definition) is 7. The zero-order chi connectivity index (χ0) is 25.2. The Morgan fingerprint density at radius 3 is 2.54 bits per heavy atom. The van der Waals surface area contributed by atoms with E-state index in [1.165, 1.54) is 5.56 Å². The fraction of sp³-hybridized carbons (Fsp3) is 0.296. The lowest BCUT2D eigenvalue weighted by atomic mass is 10.1. The molecule has 7 nitrogen and oxygen atoms in total. The zero-order valence-corrected chi connectivity index (χ0v) is 23.3. The molecule has 4 aromatic rings. The molecule has 1 heterocycles. The lowest BCUT2D eigenvalue weighted by Gasteiger charge is -2.16. The lowest BCUT2D eigenvalue weighted by molar-refractivity contribution is 0.269.